The normalized spacial score (nSPS) is 12.9. The van der Waals surface area contributed by atoms with Crippen molar-refractivity contribution in [3.63, 3.8) is 0 Å². The Morgan fingerprint density at radius 3 is 2.95 bits per heavy atom. The predicted octanol–water partition coefficient (Wildman–Crippen LogP) is 2.25. The summed E-state index contributed by atoms with van der Waals surface area (Å²) >= 11 is 0. The largest absolute Gasteiger partial charge is 0.384 e. The molecular formula is C14H16N4O. The van der Waals surface area contributed by atoms with Crippen LogP contribution in [-0.2, 0) is 6.42 Å². The van der Waals surface area contributed by atoms with E-state index in [4.69, 9.17) is 0 Å². The van der Waals surface area contributed by atoms with Gasteiger partial charge in [0.05, 0.1) is 0 Å². The first-order chi connectivity index (χ1) is 9.15. The summed E-state index contributed by atoms with van der Waals surface area (Å²) in [6, 6.07) is 5.74. The third kappa shape index (κ3) is 2.07. The summed E-state index contributed by atoms with van der Waals surface area (Å²) in [5.74, 6) is 0.477. The molecule has 0 saturated carbocycles. The molecule has 1 aromatic carbocycles. The van der Waals surface area contributed by atoms with Gasteiger partial charge in [-0.25, -0.2) is 0 Å². The van der Waals surface area contributed by atoms with E-state index >= 15 is 0 Å². The van der Waals surface area contributed by atoms with Gasteiger partial charge in [0.25, 0.3) is 5.91 Å². The lowest BCUT2D eigenvalue weighted by molar-refractivity contribution is 0.102. The standard InChI is InChI=1S/C14H16N4O/c1-8-9(2)17-18-13(8)16-14(19)11-3-4-12-10(7-11)5-6-15-12/h3-4,7,15H,5-6H2,1-2H3,(H2,16,17,18,19). The van der Waals surface area contributed by atoms with Crippen molar-refractivity contribution in [2.45, 2.75) is 20.3 Å². The van der Waals surface area contributed by atoms with Gasteiger partial charge in [-0.2, -0.15) is 5.10 Å². The SMILES string of the molecule is Cc1[nH]nc(NC(=O)c2ccc3c(c2)CCN3)c1C. The van der Waals surface area contributed by atoms with Gasteiger partial charge in [-0.15, -0.1) is 0 Å². The van der Waals surface area contributed by atoms with E-state index in [1.165, 1.54) is 5.56 Å². The molecule has 1 aliphatic rings. The molecule has 0 saturated heterocycles. The molecule has 0 aliphatic carbocycles. The van der Waals surface area contributed by atoms with Crippen molar-refractivity contribution in [2.75, 3.05) is 17.2 Å². The Hall–Kier alpha value is -2.30. The summed E-state index contributed by atoms with van der Waals surface area (Å²) in [7, 11) is 0. The Morgan fingerprint density at radius 2 is 2.21 bits per heavy atom. The number of anilines is 2. The summed E-state index contributed by atoms with van der Waals surface area (Å²) in [4.78, 5) is 12.2. The number of H-pyrrole nitrogens is 1. The molecule has 1 amide bonds. The maximum atomic E-state index is 12.2. The van der Waals surface area contributed by atoms with Crippen molar-refractivity contribution in [2.24, 2.45) is 0 Å². The number of carbonyl (C=O) groups is 1. The number of amides is 1. The van der Waals surface area contributed by atoms with Gasteiger partial charge in [0.2, 0.25) is 0 Å². The molecule has 5 nitrogen and oxygen atoms in total. The molecule has 19 heavy (non-hydrogen) atoms. The van der Waals surface area contributed by atoms with Crippen LogP contribution in [0.15, 0.2) is 18.2 Å². The van der Waals surface area contributed by atoms with Crippen LogP contribution in [0.25, 0.3) is 0 Å². The number of fused-ring (bicyclic) bond motifs is 1. The number of hydrogen-bond acceptors (Lipinski definition) is 3. The monoisotopic (exact) mass is 256 g/mol. The third-order valence-corrected chi connectivity index (χ3v) is 3.56. The predicted molar refractivity (Wildman–Crippen MR) is 74.7 cm³/mol. The summed E-state index contributed by atoms with van der Waals surface area (Å²) in [5.41, 5.74) is 4.93. The van der Waals surface area contributed by atoms with Gasteiger partial charge < -0.3 is 10.6 Å². The van der Waals surface area contributed by atoms with E-state index in [9.17, 15) is 4.79 Å². The van der Waals surface area contributed by atoms with Gasteiger partial charge in [-0.3, -0.25) is 9.89 Å². The fourth-order valence-corrected chi connectivity index (χ4v) is 2.23. The number of aromatic amines is 1. The van der Waals surface area contributed by atoms with Gasteiger partial charge in [0.15, 0.2) is 5.82 Å². The summed E-state index contributed by atoms with van der Waals surface area (Å²) in [6.07, 6.45) is 0.969. The fraction of sp³-hybridized carbons (Fsp3) is 0.286. The first-order valence-corrected chi connectivity index (χ1v) is 6.35. The van der Waals surface area contributed by atoms with Gasteiger partial charge in [0, 0.05) is 29.1 Å². The molecule has 0 atom stereocenters. The average Bonchev–Trinajstić information content (AvgIpc) is 2.99. The Morgan fingerprint density at radius 1 is 1.37 bits per heavy atom. The van der Waals surface area contributed by atoms with Crippen molar-refractivity contribution in [3.05, 3.63) is 40.6 Å². The van der Waals surface area contributed by atoms with Crippen LogP contribution in [0.2, 0.25) is 0 Å². The Balaban J connectivity index is 1.83. The number of rotatable bonds is 2. The van der Waals surface area contributed by atoms with E-state index in [0.717, 1.165) is 29.9 Å². The second kappa shape index (κ2) is 4.42. The van der Waals surface area contributed by atoms with Gasteiger partial charge in [0.1, 0.15) is 0 Å². The van der Waals surface area contributed by atoms with E-state index < -0.39 is 0 Å². The zero-order valence-electron chi connectivity index (χ0n) is 11.0. The van der Waals surface area contributed by atoms with E-state index in [0.29, 0.717) is 11.4 Å². The van der Waals surface area contributed by atoms with Crippen molar-refractivity contribution in [1.29, 1.82) is 0 Å². The summed E-state index contributed by atoms with van der Waals surface area (Å²) < 4.78 is 0. The number of benzene rings is 1. The topological polar surface area (TPSA) is 69.8 Å². The van der Waals surface area contributed by atoms with Crippen LogP contribution >= 0.6 is 0 Å². The minimum absolute atomic E-state index is 0.121. The number of hydrogen-bond donors (Lipinski definition) is 3. The van der Waals surface area contributed by atoms with E-state index in [2.05, 4.69) is 20.8 Å². The first kappa shape index (κ1) is 11.8. The first-order valence-electron chi connectivity index (χ1n) is 6.35. The third-order valence-electron chi connectivity index (χ3n) is 3.56. The van der Waals surface area contributed by atoms with Crippen molar-refractivity contribution in [1.82, 2.24) is 10.2 Å². The number of nitrogens with one attached hydrogen (secondary N) is 3. The zero-order valence-corrected chi connectivity index (χ0v) is 11.0. The Bertz CT molecular complexity index is 645. The summed E-state index contributed by atoms with van der Waals surface area (Å²) in [5, 5.41) is 13.1. The van der Waals surface area contributed by atoms with Crippen molar-refractivity contribution < 1.29 is 4.79 Å². The molecule has 5 heteroatoms. The smallest absolute Gasteiger partial charge is 0.256 e. The average molecular weight is 256 g/mol. The highest BCUT2D eigenvalue weighted by molar-refractivity contribution is 6.04. The lowest BCUT2D eigenvalue weighted by atomic mass is 10.1. The van der Waals surface area contributed by atoms with Gasteiger partial charge >= 0.3 is 0 Å². The molecule has 0 bridgehead atoms. The Kier molecular flexibility index (Phi) is 2.74. The van der Waals surface area contributed by atoms with E-state index in [1.54, 1.807) is 0 Å². The molecule has 1 aliphatic heterocycles. The van der Waals surface area contributed by atoms with E-state index in [-0.39, 0.29) is 5.91 Å². The number of carbonyl (C=O) groups excluding carboxylic acids is 1. The molecule has 2 heterocycles. The molecule has 0 spiro atoms. The van der Waals surface area contributed by atoms with Crippen LogP contribution < -0.4 is 10.6 Å². The van der Waals surface area contributed by atoms with Gasteiger partial charge in [-0.05, 0) is 44.0 Å². The molecular weight excluding hydrogens is 240 g/mol. The van der Waals surface area contributed by atoms with Crippen molar-refractivity contribution in [3.8, 4) is 0 Å². The lowest BCUT2D eigenvalue weighted by Crippen LogP contribution is -2.13. The lowest BCUT2D eigenvalue weighted by Gasteiger charge is -2.05. The van der Waals surface area contributed by atoms with Gasteiger partial charge in [-0.1, -0.05) is 0 Å². The van der Waals surface area contributed by atoms with Crippen LogP contribution in [0.5, 0.6) is 0 Å². The molecule has 2 aromatic rings. The summed E-state index contributed by atoms with van der Waals surface area (Å²) in [6.45, 7) is 4.80. The van der Waals surface area contributed by atoms with Crippen LogP contribution in [0.3, 0.4) is 0 Å². The highest BCUT2D eigenvalue weighted by Gasteiger charge is 2.15. The van der Waals surface area contributed by atoms with Crippen molar-refractivity contribution >= 4 is 17.4 Å². The van der Waals surface area contributed by atoms with Crippen LogP contribution in [0.1, 0.15) is 27.2 Å². The minimum atomic E-state index is -0.121. The number of aryl methyl sites for hydroxylation is 1. The maximum absolute atomic E-state index is 12.2. The second-order valence-corrected chi connectivity index (χ2v) is 4.83. The van der Waals surface area contributed by atoms with Crippen LogP contribution in [0.4, 0.5) is 11.5 Å². The quantitative estimate of drug-likeness (QED) is 0.771. The van der Waals surface area contributed by atoms with E-state index in [1.807, 2.05) is 32.0 Å². The van der Waals surface area contributed by atoms with Crippen LogP contribution in [-0.4, -0.2) is 22.6 Å². The molecule has 0 radical (unpaired) electrons. The molecule has 0 fully saturated rings. The van der Waals surface area contributed by atoms with Crippen LogP contribution in [0, 0.1) is 13.8 Å². The zero-order chi connectivity index (χ0) is 13.4. The molecule has 98 valence electrons. The highest BCUT2D eigenvalue weighted by Crippen LogP contribution is 2.23. The molecule has 3 N–H and O–H groups in total. The molecule has 0 unspecified atom stereocenters. The minimum Gasteiger partial charge on any atom is -0.384 e. The highest BCUT2D eigenvalue weighted by atomic mass is 16.1. The molecule has 1 aromatic heterocycles. The number of aromatic nitrogens is 2. The molecule has 3 rings (SSSR count). The Labute approximate surface area is 111 Å². The fourth-order valence-electron chi connectivity index (χ4n) is 2.23. The maximum Gasteiger partial charge on any atom is 0.256 e. The second-order valence-electron chi connectivity index (χ2n) is 4.83. The number of nitrogens with zero attached hydrogens (tertiary/aromatic N) is 1.